The van der Waals surface area contributed by atoms with Crippen molar-refractivity contribution >= 4 is 22.5 Å². The first-order valence-electron chi connectivity index (χ1n) is 4.51. The monoisotopic (exact) mass is 223 g/mol. The van der Waals surface area contributed by atoms with Gasteiger partial charge in [0.25, 0.3) is 5.56 Å². The first-order valence-corrected chi connectivity index (χ1v) is 5.04. The number of halogens is 1. The zero-order chi connectivity index (χ0) is 10.8. The van der Waals surface area contributed by atoms with Crippen molar-refractivity contribution in [1.82, 2.24) is 4.98 Å². The third-order valence-corrected chi connectivity index (χ3v) is 2.57. The Labute approximate surface area is 91.6 Å². The molecule has 3 nitrogen and oxygen atoms in total. The van der Waals surface area contributed by atoms with Gasteiger partial charge in [0.15, 0.2) is 0 Å². The van der Waals surface area contributed by atoms with E-state index < -0.39 is 0 Å². The zero-order valence-corrected chi connectivity index (χ0v) is 8.97. The summed E-state index contributed by atoms with van der Waals surface area (Å²) in [5, 5.41) is 0.921. The van der Waals surface area contributed by atoms with E-state index in [-0.39, 0.29) is 11.4 Å². The normalized spacial score (nSPS) is 10.5. The fourth-order valence-electron chi connectivity index (χ4n) is 1.52. The number of alkyl halides is 1. The molecule has 2 rings (SSSR count). The molecule has 78 valence electrons. The molecule has 0 fully saturated rings. The Kier molecular flexibility index (Phi) is 2.64. The minimum absolute atomic E-state index is 0.165. The molecule has 0 radical (unpaired) electrons. The number of hydrogen-bond acceptors (Lipinski definition) is 2. The lowest BCUT2D eigenvalue weighted by molar-refractivity contribution is 0.419. The quantitative estimate of drug-likeness (QED) is 0.794. The Balaban J connectivity index is 2.80. The van der Waals surface area contributed by atoms with Gasteiger partial charge >= 0.3 is 0 Å². The van der Waals surface area contributed by atoms with Gasteiger partial charge in [-0.2, -0.15) is 0 Å². The van der Waals surface area contributed by atoms with E-state index in [1.165, 1.54) is 0 Å². The van der Waals surface area contributed by atoms with E-state index in [0.29, 0.717) is 16.8 Å². The number of para-hydroxylation sites is 1. The summed E-state index contributed by atoms with van der Waals surface area (Å²) < 4.78 is 5.15. The van der Waals surface area contributed by atoms with Crippen molar-refractivity contribution in [3.63, 3.8) is 0 Å². The number of fused-ring (bicyclic) bond motifs is 1. The number of nitrogens with one attached hydrogen (secondary N) is 1. The van der Waals surface area contributed by atoms with Crippen molar-refractivity contribution < 1.29 is 4.74 Å². The molecule has 0 aliphatic rings. The highest BCUT2D eigenvalue weighted by molar-refractivity contribution is 6.17. The topological polar surface area (TPSA) is 42.1 Å². The summed E-state index contributed by atoms with van der Waals surface area (Å²) in [6.07, 6.45) is 0. The number of hydrogen-bond donors (Lipinski definition) is 1. The molecule has 15 heavy (non-hydrogen) atoms. The number of benzene rings is 1. The fraction of sp³-hybridized carbons (Fsp3) is 0.182. The van der Waals surface area contributed by atoms with E-state index in [0.717, 1.165) is 5.39 Å². The van der Waals surface area contributed by atoms with Crippen LogP contribution in [0.4, 0.5) is 0 Å². The van der Waals surface area contributed by atoms with Crippen LogP contribution >= 0.6 is 11.6 Å². The molecule has 1 N–H and O–H groups in total. The van der Waals surface area contributed by atoms with Crippen LogP contribution in [0.2, 0.25) is 0 Å². The molecule has 0 bridgehead atoms. The van der Waals surface area contributed by atoms with Gasteiger partial charge in [-0.3, -0.25) is 4.79 Å². The van der Waals surface area contributed by atoms with E-state index >= 15 is 0 Å². The largest absolute Gasteiger partial charge is 0.495 e. The molecule has 1 heterocycles. The third kappa shape index (κ3) is 1.70. The van der Waals surface area contributed by atoms with Crippen molar-refractivity contribution in [2.45, 2.75) is 5.88 Å². The van der Waals surface area contributed by atoms with Crippen LogP contribution in [-0.2, 0) is 5.88 Å². The molecule has 1 aromatic heterocycles. The molecular weight excluding hydrogens is 214 g/mol. The van der Waals surface area contributed by atoms with Crippen LogP contribution in [0, 0.1) is 0 Å². The second kappa shape index (κ2) is 3.95. The molecule has 0 saturated heterocycles. The van der Waals surface area contributed by atoms with Crippen molar-refractivity contribution in [1.29, 1.82) is 0 Å². The van der Waals surface area contributed by atoms with E-state index in [9.17, 15) is 4.79 Å². The van der Waals surface area contributed by atoms with Gasteiger partial charge in [-0.05, 0) is 12.1 Å². The summed E-state index contributed by atoms with van der Waals surface area (Å²) in [5.74, 6) is 0.869. The van der Waals surface area contributed by atoms with Crippen molar-refractivity contribution in [2.75, 3.05) is 7.11 Å². The van der Waals surface area contributed by atoms with Crippen LogP contribution < -0.4 is 10.3 Å². The Morgan fingerprint density at radius 2 is 2.27 bits per heavy atom. The first-order chi connectivity index (χ1) is 7.26. The lowest BCUT2D eigenvalue weighted by Gasteiger charge is -2.05. The second-order valence-corrected chi connectivity index (χ2v) is 3.45. The van der Waals surface area contributed by atoms with E-state index in [4.69, 9.17) is 16.3 Å². The average molecular weight is 224 g/mol. The lowest BCUT2D eigenvalue weighted by atomic mass is 10.1. The molecule has 1 aromatic carbocycles. The number of aromatic nitrogens is 1. The summed E-state index contributed by atoms with van der Waals surface area (Å²) in [6.45, 7) is 0. The van der Waals surface area contributed by atoms with Crippen LogP contribution in [0.5, 0.6) is 5.75 Å². The molecule has 0 atom stereocenters. The molecule has 0 spiro atoms. The van der Waals surface area contributed by atoms with Crippen molar-refractivity contribution in [2.24, 2.45) is 0 Å². The lowest BCUT2D eigenvalue weighted by Crippen LogP contribution is -2.11. The SMILES string of the molecule is COc1cccc2cc(CCl)c(=O)[nH]c12. The van der Waals surface area contributed by atoms with Crippen LogP contribution in [0.25, 0.3) is 10.9 Å². The van der Waals surface area contributed by atoms with E-state index in [1.807, 2.05) is 12.1 Å². The number of methoxy groups -OCH3 is 1. The highest BCUT2D eigenvalue weighted by atomic mass is 35.5. The van der Waals surface area contributed by atoms with Crippen LogP contribution in [0.15, 0.2) is 29.1 Å². The van der Waals surface area contributed by atoms with Gasteiger partial charge in [-0.25, -0.2) is 0 Å². The molecule has 0 aliphatic heterocycles. The highest BCUT2D eigenvalue weighted by Gasteiger charge is 2.05. The maximum Gasteiger partial charge on any atom is 0.252 e. The summed E-state index contributed by atoms with van der Waals surface area (Å²) in [4.78, 5) is 14.3. The smallest absolute Gasteiger partial charge is 0.252 e. The summed E-state index contributed by atoms with van der Waals surface area (Å²) in [6, 6.07) is 7.36. The van der Waals surface area contributed by atoms with Gasteiger partial charge in [0.1, 0.15) is 5.75 Å². The molecule has 0 amide bonds. The predicted molar refractivity (Wildman–Crippen MR) is 60.7 cm³/mol. The fourth-order valence-corrected chi connectivity index (χ4v) is 1.72. The number of pyridine rings is 1. The summed E-state index contributed by atoms with van der Waals surface area (Å²) >= 11 is 5.65. The minimum Gasteiger partial charge on any atom is -0.495 e. The van der Waals surface area contributed by atoms with Gasteiger partial charge < -0.3 is 9.72 Å². The average Bonchev–Trinajstić information content (AvgIpc) is 2.27. The van der Waals surface area contributed by atoms with E-state index in [2.05, 4.69) is 4.98 Å². The van der Waals surface area contributed by atoms with Gasteiger partial charge in [0, 0.05) is 10.9 Å². The van der Waals surface area contributed by atoms with Gasteiger partial charge in [-0.15, -0.1) is 11.6 Å². The van der Waals surface area contributed by atoms with Crippen LogP contribution in [0.1, 0.15) is 5.56 Å². The Bertz CT molecular complexity index is 548. The predicted octanol–water partition coefficient (Wildman–Crippen LogP) is 2.28. The molecule has 4 heteroatoms. The maximum absolute atomic E-state index is 11.5. The third-order valence-electron chi connectivity index (χ3n) is 2.28. The van der Waals surface area contributed by atoms with Crippen molar-refractivity contribution in [3.05, 3.63) is 40.2 Å². The molecule has 0 saturated carbocycles. The Hall–Kier alpha value is -1.48. The first kappa shape index (κ1) is 10.1. The summed E-state index contributed by atoms with van der Waals surface area (Å²) in [7, 11) is 1.57. The van der Waals surface area contributed by atoms with Gasteiger partial charge in [-0.1, -0.05) is 12.1 Å². The Morgan fingerprint density at radius 1 is 1.47 bits per heavy atom. The zero-order valence-electron chi connectivity index (χ0n) is 8.21. The van der Waals surface area contributed by atoms with Crippen molar-refractivity contribution in [3.8, 4) is 5.75 Å². The summed E-state index contributed by atoms with van der Waals surface area (Å²) in [5.41, 5.74) is 1.11. The number of aromatic amines is 1. The number of rotatable bonds is 2. The maximum atomic E-state index is 11.5. The van der Waals surface area contributed by atoms with Gasteiger partial charge in [0.2, 0.25) is 0 Å². The number of ether oxygens (including phenoxy) is 1. The second-order valence-electron chi connectivity index (χ2n) is 3.18. The minimum atomic E-state index is -0.165. The standard InChI is InChI=1S/C11H10ClNO2/c1-15-9-4-2-3-7-5-8(6-12)11(14)13-10(7)9/h2-5H,6H2,1H3,(H,13,14). The molecule has 2 aromatic rings. The molecule has 0 unspecified atom stereocenters. The van der Waals surface area contributed by atoms with E-state index in [1.54, 1.807) is 19.2 Å². The van der Waals surface area contributed by atoms with Crippen LogP contribution in [-0.4, -0.2) is 12.1 Å². The van der Waals surface area contributed by atoms with Gasteiger partial charge in [0.05, 0.1) is 18.5 Å². The van der Waals surface area contributed by atoms with Crippen LogP contribution in [0.3, 0.4) is 0 Å². The Morgan fingerprint density at radius 3 is 2.93 bits per heavy atom. The molecular formula is C11H10ClNO2. The highest BCUT2D eigenvalue weighted by Crippen LogP contribution is 2.22. The number of H-pyrrole nitrogens is 1. The molecule has 0 aliphatic carbocycles.